The SMILES string of the molecule is CCc1cc(-c2cc(N)n[nH]2)ccc1OC. The molecule has 0 radical (unpaired) electrons. The van der Waals surface area contributed by atoms with Gasteiger partial charge in [-0.25, -0.2) is 0 Å². The molecule has 0 unspecified atom stereocenters. The largest absolute Gasteiger partial charge is 0.496 e. The van der Waals surface area contributed by atoms with Gasteiger partial charge in [-0.15, -0.1) is 0 Å². The number of aromatic amines is 1. The number of benzene rings is 1. The first-order valence-corrected chi connectivity index (χ1v) is 5.22. The molecular formula is C12H15N3O. The molecule has 0 spiro atoms. The number of methoxy groups -OCH3 is 1. The maximum absolute atomic E-state index is 5.58. The number of hydrogen-bond acceptors (Lipinski definition) is 3. The Balaban J connectivity index is 2.43. The van der Waals surface area contributed by atoms with Crippen LogP contribution in [-0.2, 0) is 6.42 Å². The van der Waals surface area contributed by atoms with E-state index in [-0.39, 0.29) is 0 Å². The number of nitrogens with zero attached hydrogens (tertiary/aromatic N) is 1. The van der Waals surface area contributed by atoms with E-state index in [2.05, 4.69) is 23.2 Å². The van der Waals surface area contributed by atoms with Crippen molar-refractivity contribution in [2.45, 2.75) is 13.3 Å². The third-order valence-electron chi connectivity index (χ3n) is 2.57. The summed E-state index contributed by atoms with van der Waals surface area (Å²) >= 11 is 0. The number of nitrogens with one attached hydrogen (secondary N) is 1. The standard InChI is InChI=1S/C12H15N3O/c1-3-8-6-9(4-5-11(8)16-2)10-7-12(13)15-14-10/h4-7H,3H2,1-2H3,(H3,13,14,15). The molecule has 4 heteroatoms. The maximum atomic E-state index is 5.58. The summed E-state index contributed by atoms with van der Waals surface area (Å²) in [6.45, 7) is 2.10. The summed E-state index contributed by atoms with van der Waals surface area (Å²) in [7, 11) is 1.68. The summed E-state index contributed by atoms with van der Waals surface area (Å²) in [4.78, 5) is 0. The average molecular weight is 217 g/mol. The van der Waals surface area contributed by atoms with Crippen LogP contribution in [0.5, 0.6) is 5.75 Å². The van der Waals surface area contributed by atoms with Crippen molar-refractivity contribution < 1.29 is 4.74 Å². The molecule has 0 fully saturated rings. The molecule has 0 bridgehead atoms. The Kier molecular flexibility index (Phi) is 2.81. The second kappa shape index (κ2) is 4.26. The van der Waals surface area contributed by atoms with Crippen LogP contribution in [0, 0.1) is 0 Å². The van der Waals surface area contributed by atoms with Gasteiger partial charge in [0.25, 0.3) is 0 Å². The number of nitrogen functional groups attached to an aromatic ring is 1. The van der Waals surface area contributed by atoms with Gasteiger partial charge in [0.2, 0.25) is 0 Å². The molecule has 1 heterocycles. The van der Waals surface area contributed by atoms with E-state index in [1.807, 2.05) is 18.2 Å². The predicted octanol–water partition coefficient (Wildman–Crippen LogP) is 2.23. The van der Waals surface area contributed by atoms with Crippen molar-refractivity contribution in [2.24, 2.45) is 0 Å². The average Bonchev–Trinajstić information content (AvgIpc) is 2.75. The van der Waals surface area contributed by atoms with Crippen molar-refractivity contribution in [3.8, 4) is 17.0 Å². The number of anilines is 1. The fraction of sp³-hybridized carbons (Fsp3) is 0.250. The summed E-state index contributed by atoms with van der Waals surface area (Å²) in [5.41, 5.74) is 8.75. The van der Waals surface area contributed by atoms with Crippen LogP contribution in [0.15, 0.2) is 24.3 Å². The van der Waals surface area contributed by atoms with Gasteiger partial charge in [0.05, 0.1) is 12.8 Å². The van der Waals surface area contributed by atoms with Gasteiger partial charge in [0.15, 0.2) is 0 Å². The molecule has 0 aliphatic heterocycles. The molecule has 0 atom stereocenters. The minimum atomic E-state index is 0.504. The van der Waals surface area contributed by atoms with Gasteiger partial charge >= 0.3 is 0 Å². The Labute approximate surface area is 94.4 Å². The van der Waals surface area contributed by atoms with E-state index in [4.69, 9.17) is 10.5 Å². The Morgan fingerprint density at radius 3 is 2.75 bits per heavy atom. The van der Waals surface area contributed by atoms with Crippen molar-refractivity contribution in [2.75, 3.05) is 12.8 Å². The number of aromatic nitrogens is 2. The fourth-order valence-corrected chi connectivity index (χ4v) is 1.71. The molecule has 2 rings (SSSR count). The highest BCUT2D eigenvalue weighted by molar-refractivity contribution is 5.64. The Hall–Kier alpha value is -1.97. The second-order valence-corrected chi connectivity index (χ2v) is 3.59. The zero-order valence-corrected chi connectivity index (χ0v) is 9.45. The van der Waals surface area contributed by atoms with E-state index in [1.54, 1.807) is 7.11 Å². The van der Waals surface area contributed by atoms with Crippen LogP contribution in [0.1, 0.15) is 12.5 Å². The van der Waals surface area contributed by atoms with Crippen molar-refractivity contribution in [1.29, 1.82) is 0 Å². The maximum Gasteiger partial charge on any atom is 0.145 e. The Morgan fingerprint density at radius 1 is 1.38 bits per heavy atom. The third kappa shape index (κ3) is 1.86. The van der Waals surface area contributed by atoms with Crippen LogP contribution in [0.2, 0.25) is 0 Å². The van der Waals surface area contributed by atoms with Crippen molar-refractivity contribution in [1.82, 2.24) is 10.2 Å². The van der Waals surface area contributed by atoms with Crippen LogP contribution in [0.3, 0.4) is 0 Å². The lowest BCUT2D eigenvalue weighted by molar-refractivity contribution is 0.410. The highest BCUT2D eigenvalue weighted by Gasteiger charge is 2.06. The second-order valence-electron chi connectivity index (χ2n) is 3.59. The summed E-state index contributed by atoms with van der Waals surface area (Å²) in [5, 5.41) is 6.81. The first-order chi connectivity index (χ1) is 7.74. The van der Waals surface area contributed by atoms with Crippen LogP contribution in [-0.4, -0.2) is 17.3 Å². The van der Waals surface area contributed by atoms with Gasteiger partial charge < -0.3 is 10.5 Å². The quantitative estimate of drug-likeness (QED) is 0.828. The summed E-state index contributed by atoms with van der Waals surface area (Å²) in [5.74, 6) is 1.42. The fourth-order valence-electron chi connectivity index (χ4n) is 1.71. The van der Waals surface area contributed by atoms with E-state index in [0.29, 0.717) is 5.82 Å². The smallest absolute Gasteiger partial charge is 0.145 e. The van der Waals surface area contributed by atoms with E-state index in [9.17, 15) is 0 Å². The van der Waals surface area contributed by atoms with Gasteiger partial charge in [-0.3, -0.25) is 5.10 Å². The Morgan fingerprint density at radius 2 is 2.19 bits per heavy atom. The third-order valence-corrected chi connectivity index (χ3v) is 2.57. The lowest BCUT2D eigenvalue weighted by atomic mass is 10.1. The topological polar surface area (TPSA) is 63.9 Å². The molecule has 16 heavy (non-hydrogen) atoms. The predicted molar refractivity (Wildman–Crippen MR) is 64.4 cm³/mol. The lowest BCUT2D eigenvalue weighted by Gasteiger charge is -2.08. The molecule has 2 aromatic rings. The summed E-state index contributed by atoms with van der Waals surface area (Å²) < 4.78 is 5.28. The van der Waals surface area contributed by atoms with Gasteiger partial charge in [0.1, 0.15) is 11.6 Å². The first-order valence-electron chi connectivity index (χ1n) is 5.22. The van der Waals surface area contributed by atoms with Gasteiger partial charge in [-0.1, -0.05) is 6.92 Å². The zero-order chi connectivity index (χ0) is 11.5. The van der Waals surface area contributed by atoms with E-state index >= 15 is 0 Å². The van der Waals surface area contributed by atoms with Gasteiger partial charge in [-0.2, -0.15) is 5.10 Å². The first kappa shape index (κ1) is 10.5. The van der Waals surface area contributed by atoms with Crippen LogP contribution in [0.25, 0.3) is 11.3 Å². The molecule has 0 aliphatic rings. The van der Waals surface area contributed by atoms with E-state index in [1.165, 1.54) is 5.56 Å². The number of nitrogens with two attached hydrogens (primary N) is 1. The lowest BCUT2D eigenvalue weighted by Crippen LogP contribution is -1.91. The monoisotopic (exact) mass is 217 g/mol. The minimum Gasteiger partial charge on any atom is -0.496 e. The highest BCUT2D eigenvalue weighted by atomic mass is 16.5. The number of aryl methyl sites for hydroxylation is 1. The van der Waals surface area contributed by atoms with Crippen molar-refractivity contribution in [3.63, 3.8) is 0 Å². The summed E-state index contributed by atoms with van der Waals surface area (Å²) in [6.07, 6.45) is 0.931. The van der Waals surface area contributed by atoms with Crippen LogP contribution >= 0.6 is 0 Å². The molecule has 0 saturated heterocycles. The molecule has 0 aliphatic carbocycles. The number of rotatable bonds is 3. The Bertz CT molecular complexity index is 491. The normalized spacial score (nSPS) is 10.4. The number of hydrogen-bond donors (Lipinski definition) is 2. The number of ether oxygens (including phenoxy) is 1. The van der Waals surface area contributed by atoms with Crippen LogP contribution < -0.4 is 10.5 Å². The molecule has 0 amide bonds. The van der Waals surface area contributed by atoms with Gasteiger partial charge in [0, 0.05) is 11.6 Å². The number of H-pyrrole nitrogens is 1. The molecule has 3 N–H and O–H groups in total. The molecule has 4 nitrogen and oxygen atoms in total. The van der Waals surface area contributed by atoms with E-state index < -0.39 is 0 Å². The molecule has 84 valence electrons. The molecule has 0 saturated carbocycles. The molecule has 1 aromatic carbocycles. The van der Waals surface area contributed by atoms with Crippen LogP contribution in [0.4, 0.5) is 5.82 Å². The summed E-state index contributed by atoms with van der Waals surface area (Å²) in [6, 6.07) is 7.86. The van der Waals surface area contributed by atoms with E-state index in [0.717, 1.165) is 23.4 Å². The molecule has 1 aromatic heterocycles. The van der Waals surface area contributed by atoms with Crippen molar-refractivity contribution in [3.05, 3.63) is 29.8 Å². The highest BCUT2D eigenvalue weighted by Crippen LogP contribution is 2.26. The molecular weight excluding hydrogens is 202 g/mol. The van der Waals surface area contributed by atoms with Crippen molar-refractivity contribution >= 4 is 5.82 Å². The van der Waals surface area contributed by atoms with Gasteiger partial charge in [-0.05, 0) is 30.2 Å². The minimum absolute atomic E-state index is 0.504. The zero-order valence-electron chi connectivity index (χ0n) is 9.45.